The molecule has 138 valence electrons. The summed E-state index contributed by atoms with van der Waals surface area (Å²) in [6.07, 6.45) is 3.51. The van der Waals surface area contributed by atoms with Gasteiger partial charge in [0.1, 0.15) is 5.82 Å². The fourth-order valence-electron chi connectivity index (χ4n) is 2.73. The van der Waals surface area contributed by atoms with Crippen molar-refractivity contribution in [2.75, 3.05) is 11.9 Å². The van der Waals surface area contributed by atoms with Gasteiger partial charge in [-0.05, 0) is 31.2 Å². The maximum atomic E-state index is 12.8. The van der Waals surface area contributed by atoms with Crippen molar-refractivity contribution >= 4 is 29.1 Å². The average molecular weight is 383 g/mol. The van der Waals surface area contributed by atoms with Crippen molar-refractivity contribution in [3.05, 3.63) is 71.0 Å². The third-order valence-corrected chi connectivity index (χ3v) is 4.36. The lowest BCUT2D eigenvalue weighted by molar-refractivity contribution is 0.0955. The number of aryl methyl sites for hydroxylation is 1. The van der Waals surface area contributed by atoms with E-state index in [2.05, 4.69) is 15.6 Å². The summed E-state index contributed by atoms with van der Waals surface area (Å²) in [7, 11) is 1.87. The first-order chi connectivity index (χ1) is 13.0. The van der Waals surface area contributed by atoms with Crippen LogP contribution in [0.5, 0.6) is 0 Å². The second-order valence-electron chi connectivity index (χ2n) is 5.92. The van der Waals surface area contributed by atoms with E-state index in [4.69, 9.17) is 11.6 Å². The fraction of sp³-hybridized carbons (Fsp3) is 0.150. The molecular weight excluding hydrogens is 364 g/mol. The van der Waals surface area contributed by atoms with Gasteiger partial charge < -0.3 is 15.2 Å². The van der Waals surface area contributed by atoms with Gasteiger partial charge in [-0.1, -0.05) is 29.8 Å². The van der Waals surface area contributed by atoms with Crippen molar-refractivity contribution in [2.24, 2.45) is 7.05 Å². The number of benzene rings is 2. The van der Waals surface area contributed by atoms with E-state index in [-0.39, 0.29) is 16.8 Å². The van der Waals surface area contributed by atoms with E-state index < -0.39 is 0 Å². The van der Waals surface area contributed by atoms with Gasteiger partial charge in [0.15, 0.2) is 0 Å². The van der Waals surface area contributed by atoms with Crippen LogP contribution in [0.25, 0.3) is 11.4 Å². The van der Waals surface area contributed by atoms with Gasteiger partial charge in [-0.15, -0.1) is 0 Å². The highest BCUT2D eigenvalue weighted by atomic mass is 35.5. The van der Waals surface area contributed by atoms with Crippen LogP contribution in [-0.4, -0.2) is 27.9 Å². The van der Waals surface area contributed by atoms with E-state index in [1.165, 1.54) is 0 Å². The van der Waals surface area contributed by atoms with Crippen molar-refractivity contribution in [3.8, 4) is 11.4 Å². The van der Waals surface area contributed by atoms with Crippen LogP contribution in [0.4, 0.5) is 5.69 Å². The van der Waals surface area contributed by atoms with Crippen LogP contribution in [-0.2, 0) is 7.05 Å². The lowest BCUT2D eigenvalue weighted by atomic mass is 10.1. The molecule has 0 spiro atoms. The minimum Gasteiger partial charge on any atom is -0.352 e. The van der Waals surface area contributed by atoms with Gasteiger partial charge in [0.2, 0.25) is 0 Å². The molecule has 6 nitrogen and oxygen atoms in total. The van der Waals surface area contributed by atoms with E-state index in [0.29, 0.717) is 29.2 Å². The number of nitrogens with one attached hydrogen (secondary N) is 2. The monoisotopic (exact) mass is 382 g/mol. The maximum Gasteiger partial charge on any atom is 0.256 e. The van der Waals surface area contributed by atoms with Crippen LogP contribution in [0.3, 0.4) is 0 Å². The van der Waals surface area contributed by atoms with E-state index in [0.717, 1.165) is 5.56 Å². The first-order valence-corrected chi connectivity index (χ1v) is 8.85. The number of rotatable bonds is 5. The second-order valence-corrected chi connectivity index (χ2v) is 6.32. The molecule has 2 aromatic carbocycles. The normalized spacial score (nSPS) is 10.5. The van der Waals surface area contributed by atoms with Gasteiger partial charge in [0, 0.05) is 37.2 Å². The fourth-order valence-corrected chi connectivity index (χ4v) is 3.00. The largest absolute Gasteiger partial charge is 0.352 e. The summed E-state index contributed by atoms with van der Waals surface area (Å²) in [5.41, 5.74) is 2.10. The number of nitrogens with zero attached hydrogens (tertiary/aromatic N) is 2. The molecule has 27 heavy (non-hydrogen) atoms. The second kappa shape index (κ2) is 8.05. The third-order valence-electron chi connectivity index (χ3n) is 4.04. The van der Waals surface area contributed by atoms with Gasteiger partial charge in [0.25, 0.3) is 11.8 Å². The minimum atomic E-state index is -0.282. The Kier molecular flexibility index (Phi) is 5.57. The summed E-state index contributed by atoms with van der Waals surface area (Å²) < 4.78 is 1.85. The molecule has 2 N–H and O–H groups in total. The summed E-state index contributed by atoms with van der Waals surface area (Å²) in [5, 5.41) is 5.80. The molecule has 0 unspecified atom stereocenters. The molecule has 1 heterocycles. The highest BCUT2D eigenvalue weighted by molar-refractivity contribution is 6.34. The van der Waals surface area contributed by atoms with Crippen LogP contribution in [0.1, 0.15) is 27.6 Å². The third kappa shape index (κ3) is 4.01. The van der Waals surface area contributed by atoms with E-state index in [1.807, 2.05) is 36.9 Å². The predicted molar refractivity (Wildman–Crippen MR) is 106 cm³/mol. The number of hydrogen-bond donors (Lipinski definition) is 2. The lowest BCUT2D eigenvalue weighted by Gasteiger charge is -2.11. The number of amides is 2. The van der Waals surface area contributed by atoms with Crippen LogP contribution in [0, 0.1) is 0 Å². The van der Waals surface area contributed by atoms with Crippen molar-refractivity contribution < 1.29 is 9.59 Å². The Hall–Kier alpha value is -3.12. The molecule has 0 radical (unpaired) electrons. The molecule has 0 fully saturated rings. The quantitative estimate of drug-likeness (QED) is 0.705. The van der Waals surface area contributed by atoms with Gasteiger partial charge in [0.05, 0.1) is 16.1 Å². The highest BCUT2D eigenvalue weighted by Crippen LogP contribution is 2.25. The Morgan fingerprint density at radius 2 is 1.89 bits per heavy atom. The summed E-state index contributed by atoms with van der Waals surface area (Å²) in [4.78, 5) is 29.1. The van der Waals surface area contributed by atoms with Crippen LogP contribution >= 0.6 is 11.6 Å². The molecule has 0 saturated heterocycles. The molecule has 1 aromatic heterocycles. The average Bonchev–Trinajstić information content (AvgIpc) is 3.07. The van der Waals surface area contributed by atoms with Crippen LogP contribution in [0.2, 0.25) is 5.02 Å². The maximum absolute atomic E-state index is 12.8. The van der Waals surface area contributed by atoms with E-state index in [9.17, 15) is 9.59 Å². The van der Waals surface area contributed by atoms with Crippen molar-refractivity contribution in [3.63, 3.8) is 0 Å². The van der Waals surface area contributed by atoms with Crippen molar-refractivity contribution in [1.29, 1.82) is 0 Å². The van der Waals surface area contributed by atoms with Crippen LogP contribution in [0.15, 0.2) is 54.9 Å². The number of halogens is 1. The lowest BCUT2D eigenvalue weighted by Crippen LogP contribution is -2.23. The number of hydrogen-bond acceptors (Lipinski definition) is 3. The molecule has 7 heteroatoms. The SMILES string of the molecule is CCNC(=O)c1ccc(NC(=O)c2ccccc2-c2nccn2C)cc1Cl. The van der Waals surface area contributed by atoms with Gasteiger partial charge in [-0.3, -0.25) is 9.59 Å². The smallest absolute Gasteiger partial charge is 0.256 e. The van der Waals surface area contributed by atoms with Gasteiger partial charge in [-0.25, -0.2) is 4.98 Å². The summed E-state index contributed by atoms with van der Waals surface area (Å²) >= 11 is 6.20. The summed E-state index contributed by atoms with van der Waals surface area (Å²) in [6, 6.07) is 12.1. The highest BCUT2D eigenvalue weighted by Gasteiger charge is 2.16. The van der Waals surface area contributed by atoms with E-state index in [1.54, 1.807) is 36.5 Å². The zero-order valence-electron chi connectivity index (χ0n) is 15.0. The number of anilines is 1. The molecular formula is C20H19ClN4O2. The first kappa shape index (κ1) is 18.7. The van der Waals surface area contributed by atoms with Gasteiger partial charge >= 0.3 is 0 Å². The topological polar surface area (TPSA) is 76.0 Å². The molecule has 0 aliphatic carbocycles. The molecule has 3 rings (SSSR count). The van der Waals surface area contributed by atoms with Crippen molar-refractivity contribution in [1.82, 2.24) is 14.9 Å². The zero-order chi connectivity index (χ0) is 19.4. The minimum absolute atomic E-state index is 0.250. The number of carbonyl (C=O) groups excluding carboxylic acids is 2. The molecule has 0 bridgehead atoms. The summed E-state index contributed by atoms with van der Waals surface area (Å²) in [6.45, 7) is 2.34. The molecule has 0 aliphatic rings. The number of imidazole rings is 1. The molecule has 0 atom stereocenters. The molecule has 3 aromatic rings. The predicted octanol–water partition coefficient (Wildman–Crippen LogP) is 3.74. The van der Waals surface area contributed by atoms with E-state index >= 15 is 0 Å². The van der Waals surface area contributed by atoms with Crippen molar-refractivity contribution in [2.45, 2.75) is 6.92 Å². The molecule has 0 saturated carbocycles. The zero-order valence-corrected chi connectivity index (χ0v) is 15.7. The number of carbonyl (C=O) groups is 2. The number of aromatic nitrogens is 2. The van der Waals surface area contributed by atoms with Gasteiger partial charge in [-0.2, -0.15) is 0 Å². The standard InChI is InChI=1S/C20H19ClN4O2/c1-3-22-19(26)16-9-8-13(12-17(16)21)24-20(27)15-7-5-4-6-14(15)18-23-10-11-25(18)2/h4-12H,3H2,1-2H3,(H,22,26)(H,24,27). The summed E-state index contributed by atoms with van der Waals surface area (Å²) in [5.74, 6) is 0.168. The Bertz CT molecular complexity index is 997. The first-order valence-electron chi connectivity index (χ1n) is 8.47. The Morgan fingerprint density at radius 1 is 1.11 bits per heavy atom. The Labute approximate surface area is 162 Å². The Morgan fingerprint density at radius 3 is 2.56 bits per heavy atom. The molecule has 0 aliphatic heterocycles. The van der Waals surface area contributed by atoms with Crippen LogP contribution < -0.4 is 10.6 Å². The molecule has 2 amide bonds. The Balaban J connectivity index is 1.86.